The molecule has 130 valence electrons. The molecule has 0 spiro atoms. The molecule has 0 aliphatic carbocycles. The van der Waals surface area contributed by atoms with Crippen molar-refractivity contribution < 1.29 is 14.4 Å². The van der Waals surface area contributed by atoms with E-state index < -0.39 is 5.54 Å². The van der Waals surface area contributed by atoms with Crippen LogP contribution in [0.1, 0.15) is 18.1 Å². The van der Waals surface area contributed by atoms with Crippen LogP contribution in [-0.4, -0.2) is 25.5 Å². The highest BCUT2D eigenvalue weighted by Gasteiger charge is 2.31. The first-order chi connectivity index (χ1) is 12.0. The molecule has 1 N–H and O–H groups in total. The van der Waals surface area contributed by atoms with E-state index in [2.05, 4.69) is 21.4 Å². The third-order valence-electron chi connectivity index (χ3n) is 4.22. The van der Waals surface area contributed by atoms with Crippen molar-refractivity contribution in [2.75, 3.05) is 13.2 Å². The number of amidine groups is 1. The number of rotatable bonds is 4. The zero-order valence-corrected chi connectivity index (χ0v) is 14.8. The van der Waals surface area contributed by atoms with Crippen molar-refractivity contribution in [3.8, 4) is 11.1 Å². The average molecular weight is 359 g/mol. The first-order valence-corrected chi connectivity index (χ1v) is 8.28. The number of aliphatic imine (C=N–C) groups is 1. The number of ether oxygens (including phenoxy) is 1. The monoisotopic (exact) mass is 358 g/mol. The van der Waals surface area contributed by atoms with Gasteiger partial charge in [-0.3, -0.25) is 9.79 Å². The lowest BCUT2D eigenvalue weighted by molar-refractivity contribution is -0.132. The van der Waals surface area contributed by atoms with Gasteiger partial charge in [-0.05, 0) is 48.2 Å². The van der Waals surface area contributed by atoms with Crippen LogP contribution in [0, 0.1) is 6.92 Å². The zero-order valence-electron chi connectivity index (χ0n) is 14.1. The summed E-state index contributed by atoms with van der Waals surface area (Å²) in [6, 6.07) is 14.1. The number of halogens is 1. The molecule has 0 saturated heterocycles. The van der Waals surface area contributed by atoms with E-state index in [0.29, 0.717) is 18.9 Å². The number of carbonyl (C=O) groups is 1. The van der Waals surface area contributed by atoms with E-state index in [1.165, 1.54) is 0 Å². The molecule has 0 bridgehead atoms. The summed E-state index contributed by atoms with van der Waals surface area (Å²) in [5, 5.41) is 0.741. The second-order valence-electron chi connectivity index (χ2n) is 6.19. The Kier molecular flexibility index (Phi) is 5.06. The van der Waals surface area contributed by atoms with Gasteiger partial charge in [-0.1, -0.05) is 41.9 Å². The van der Waals surface area contributed by atoms with Crippen LogP contribution in [0.3, 0.4) is 0 Å². The summed E-state index contributed by atoms with van der Waals surface area (Å²) in [7, 11) is 0. The largest absolute Gasteiger partial charge is 0.371 e. The molecule has 1 aliphatic rings. The molecule has 0 saturated carbocycles. The minimum atomic E-state index is -0.572. The van der Waals surface area contributed by atoms with E-state index in [1.807, 2.05) is 50.2 Å². The Morgan fingerprint density at radius 3 is 2.84 bits per heavy atom. The van der Waals surface area contributed by atoms with Gasteiger partial charge < -0.3 is 9.57 Å². The summed E-state index contributed by atoms with van der Waals surface area (Å²) in [6.07, 6.45) is 0. The number of aryl methyl sites for hydroxylation is 1. The van der Waals surface area contributed by atoms with E-state index in [4.69, 9.17) is 16.3 Å². The maximum atomic E-state index is 10.3. The van der Waals surface area contributed by atoms with Gasteiger partial charge in [0.05, 0.1) is 6.61 Å². The number of carbonyl (C=O) groups excluding carboxylic acids is 1. The van der Waals surface area contributed by atoms with Crippen LogP contribution < -0.4 is 5.48 Å². The third-order valence-corrected chi connectivity index (χ3v) is 4.63. The van der Waals surface area contributed by atoms with Gasteiger partial charge in [0.15, 0.2) is 5.84 Å². The van der Waals surface area contributed by atoms with E-state index in [0.717, 1.165) is 27.3 Å². The summed E-state index contributed by atoms with van der Waals surface area (Å²) in [5.74, 6) is 0.477. The van der Waals surface area contributed by atoms with E-state index in [9.17, 15) is 4.79 Å². The van der Waals surface area contributed by atoms with Crippen molar-refractivity contribution in [2.45, 2.75) is 19.4 Å². The van der Waals surface area contributed by atoms with Gasteiger partial charge >= 0.3 is 6.47 Å². The van der Waals surface area contributed by atoms with Crippen molar-refractivity contribution >= 4 is 23.9 Å². The molecule has 2 aromatic rings. The highest BCUT2D eigenvalue weighted by Crippen LogP contribution is 2.32. The Balaban J connectivity index is 1.95. The highest BCUT2D eigenvalue weighted by atomic mass is 35.5. The fraction of sp³-hybridized carbons (Fsp3) is 0.263. The smallest absolute Gasteiger partial charge is 0.320 e. The maximum Gasteiger partial charge on any atom is 0.320 e. The second kappa shape index (κ2) is 7.25. The molecule has 5 nitrogen and oxygen atoms in total. The summed E-state index contributed by atoms with van der Waals surface area (Å²) >= 11 is 6.25. The Labute approximate surface area is 151 Å². The molecule has 2 aromatic carbocycles. The lowest BCUT2D eigenvalue weighted by atomic mass is 9.90. The van der Waals surface area contributed by atoms with Crippen molar-refractivity contribution in [3.05, 3.63) is 58.6 Å². The maximum absolute atomic E-state index is 10.3. The first kappa shape index (κ1) is 17.5. The molecule has 1 atom stereocenters. The quantitative estimate of drug-likeness (QED) is 0.669. The van der Waals surface area contributed by atoms with E-state index in [1.54, 1.807) is 0 Å². The molecule has 0 fully saturated rings. The van der Waals surface area contributed by atoms with Gasteiger partial charge in [0.1, 0.15) is 12.1 Å². The van der Waals surface area contributed by atoms with Gasteiger partial charge in [0, 0.05) is 5.02 Å². The standard InChI is InChI=1S/C19H19ClN2O3/c1-13-6-7-15(9-17(13)20)14-4-3-5-16(8-14)19(2)11-24-10-18(21-19)22-25-12-23/h3-9,12H,10-11H2,1-2H3,(H,21,22). The molecule has 0 radical (unpaired) electrons. The van der Waals surface area contributed by atoms with Crippen molar-refractivity contribution in [1.29, 1.82) is 0 Å². The number of hydrogen-bond donors (Lipinski definition) is 1. The Hall–Kier alpha value is -2.37. The Morgan fingerprint density at radius 2 is 2.08 bits per heavy atom. The number of nitrogens with zero attached hydrogens (tertiary/aromatic N) is 1. The molecule has 0 aromatic heterocycles. The van der Waals surface area contributed by atoms with Crippen molar-refractivity contribution in [2.24, 2.45) is 4.99 Å². The van der Waals surface area contributed by atoms with Gasteiger partial charge in [-0.15, -0.1) is 0 Å². The van der Waals surface area contributed by atoms with Gasteiger partial charge in [0.2, 0.25) is 0 Å². The zero-order chi connectivity index (χ0) is 17.9. The second-order valence-corrected chi connectivity index (χ2v) is 6.59. The first-order valence-electron chi connectivity index (χ1n) is 7.91. The topological polar surface area (TPSA) is 59.9 Å². The Morgan fingerprint density at radius 1 is 1.28 bits per heavy atom. The molecule has 1 unspecified atom stereocenters. The SMILES string of the molecule is Cc1ccc(-c2cccc(C3(C)COCC(NOC=O)=N3)c2)cc1Cl. The number of hydroxylamine groups is 1. The van der Waals surface area contributed by atoms with Gasteiger partial charge in [-0.2, -0.15) is 0 Å². The summed E-state index contributed by atoms with van der Waals surface area (Å²) < 4.78 is 5.62. The molecule has 6 heteroatoms. The molecule has 0 amide bonds. The number of benzene rings is 2. The van der Waals surface area contributed by atoms with Crippen LogP contribution in [0.25, 0.3) is 11.1 Å². The van der Waals surface area contributed by atoms with Crippen LogP contribution >= 0.6 is 11.6 Å². The molecule has 1 aliphatic heterocycles. The number of nitrogens with one attached hydrogen (secondary N) is 1. The van der Waals surface area contributed by atoms with Crippen molar-refractivity contribution in [3.63, 3.8) is 0 Å². The normalized spacial score (nSPS) is 19.9. The molecule has 25 heavy (non-hydrogen) atoms. The van der Waals surface area contributed by atoms with E-state index in [-0.39, 0.29) is 6.61 Å². The fourth-order valence-electron chi connectivity index (χ4n) is 2.81. The predicted molar refractivity (Wildman–Crippen MR) is 97.5 cm³/mol. The summed E-state index contributed by atoms with van der Waals surface area (Å²) in [4.78, 5) is 19.6. The molecule has 1 heterocycles. The van der Waals surface area contributed by atoms with Crippen LogP contribution in [0.4, 0.5) is 0 Å². The molecule has 3 rings (SSSR count). The molecular formula is C19H19ClN2O3. The predicted octanol–water partition coefficient (Wildman–Crippen LogP) is 3.64. The van der Waals surface area contributed by atoms with Crippen LogP contribution in [0.5, 0.6) is 0 Å². The lowest BCUT2D eigenvalue weighted by Crippen LogP contribution is -2.40. The Bertz CT molecular complexity index is 822. The van der Waals surface area contributed by atoms with Crippen LogP contribution in [-0.2, 0) is 19.9 Å². The summed E-state index contributed by atoms with van der Waals surface area (Å²) in [5.41, 5.74) is 6.08. The van der Waals surface area contributed by atoms with Crippen molar-refractivity contribution in [1.82, 2.24) is 5.48 Å². The minimum absolute atomic E-state index is 0.274. The van der Waals surface area contributed by atoms with Crippen LogP contribution in [0.2, 0.25) is 5.02 Å². The minimum Gasteiger partial charge on any atom is -0.371 e. The average Bonchev–Trinajstić information content (AvgIpc) is 2.62. The summed E-state index contributed by atoms with van der Waals surface area (Å²) in [6.45, 7) is 4.99. The lowest BCUT2D eigenvalue weighted by Gasteiger charge is -2.31. The highest BCUT2D eigenvalue weighted by molar-refractivity contribution is 6.31. The van der Waals surface area contributed by atoms with Gasteiger partial charge in [-0.25, -0.2) is 5.48 Å². The third kappa shape index (κ3) is 3.83. The fourth-order valence-corrected chi connectivity index (χ4v) is 2.99. The van der Waals surface area contributed by atoms with Gasteiger partial charge in [0.25, 0.3) is 0 Å². The number of hydrogen-bond acceptors (Lipinski definition) is 5. The van der Waals surface area contributed by atoms with Crippen LogP contribution in [0.15, 0.2) is 47.5 Å². The molecular weight excluding hydrogens is 340 g/mol. The van der Waals surface area contributed by atoms with E-state index >= 15 is 0 Å².